The quantitative estimate of drug-likeness (QED) is 0.353. The molecule has 4 aromatic rings. The fourth-order valence-corrected chi connectivity index (χ4v) is 4.11. The Morgan fingerprint density at radius 3 is 2.53 bits per heavy atom. The van der Waals surface area contributed by atoms with Crippen molar-refractivity contribution in [2.24, 2.45) is 0 Å². The third-order valence-corrected chi connectivity index (χ3v) is 6.33. The molecular weight excluding hydrogens is 517 g/mol. The van der Waals surface area contributed by atoms with Gasteiger partial charge in [-0.05, 0) is 27.2 Å². The van der Waals surface area contributed by atoms with Crippen LogP contribution >= 0.6 is 0 Å². The van der Waals surface area contributed by atoms with E-state index in [1.807, 2.05) is 13.8 Å². The molecule has 12 nitrogen and oxygen atoms in total. The van der Waals surface area contributed by atoms with Gasteiger partial charge in [-0.25, -0.2) is 29.1 Å². The number of nitrogen functional groups attached to an aromatic ring is 1. The number of halogens is 5. The second kappa shape index (κ2) is 8.35. The van der Waals surface area contributed by atoms with Gasteiger partial charge in [0.2, 0.25) is 5.91 Å². The Labute approximate surface area is 210 Å². The number of rotatable bonds is 6. The maximum atomic E-state index is 13.6. The number of nitrogens with one attached hydrogen (secondary N) is 1. The predicted octanol–water partition coefficient (Wildman–Crippen LogP) is 2.72. The van der Waals surface area contributed by atoms with Gasteiger partial charge in [0.15, 0.2) is 11.5 Å². The second-order valence-corrected chi connectivity index (χ2v) is 9.22. The molecule has 17 heteroatoms. The fourth-order valence-electron chi connectivity index (χ4n) is 4.11. The summed E-state index contributed by atoms with van der Waals surface area (Å²) < 4.78 is 67.9. The molecule has 5 heterocycles. The Morgan fingerprint density at radius 2 is 1.87 bits per heavy atom. The molecule has 0 bridgehead atoms. The van der Waals surface area contributed by atoms with Crippen molar-refractivity contribution in [3.05, 3.63) is 35.7 Å². The number of alkyl halides is 5. The Morgan fingerprint density at radius 1 is 1.13 bits per heavy atom. The minimum Gasteiger partial charge on any atom is -0.383 e. The minimum atomic E-state index is -5.71. The molecule has 1 amide bonds. The van der Waals surface area contributed by atoms with E-state index in [1.165, 1.54) is 6.20 Å². The highest BCUT2D eigenvalue weighted by Gasteiger charge is 2.56. The number of amides is 1. The molecule has 5 rings (SSSR count). The molecule has 0 spiro atoms. The van der Waals surface area contributed by atoms with E-state index in [4.69, 9.17) is 5.73 Å². The fraction of sp³-hybridized carbons (Fsp3) is 0.429. The number of aromatic nitrogens is 9. The van der Waals surface area contributed by atoms with Crippen LogP contribution in [0.15, 0.2) is 18.7 Å². The summed E-state index contributed by atoms with van der Waals surface area (Å²) >= 11 is 0. The Hall–Kier alpha value is -4.31. The summed E-state index contributed by atoms with van der Waals surface area (Å²) in [5.74, 6) is -5.53. The average Bonchev–Trinajstić information content (AvgIpc) is 3.55. The molecule has 0 radical (unpaired) electrons. The number of hydrogen-bond acceptors (Lipinski definition) is 9. The molecule has 38 heavy (non-hydrogen) atoms. The van der Waals surface area contributed by atoms with Crippen molar-refractivity contribution in [2.75, 3.05) is 11.1 Å². The third-order valence-electron chi connectivity index (χ3n) is 6.33. The lowest BCUT2D eigenvalue weighted by atomic mass is 9.81. The van der Waals surface area contributed by atoms with Gasteiger partial charge in [-0.15, -0.1) is 5.10 Å². The monoisotopic (exact) mass is 537 g/mol. The first-order chi connectivity index (χ1) is 17.7. The van der Waals surface area contributed by atoms with E-state index >= 15 is 0 Å². The van der Waals surface area contributed by atoms with Crippen molar-refractivity contribution in [1.82, 2.24) is 44.5 Å². The van der Waals surface area contributed by atoms with Gasteiger partial charge in [0.25, 0.3) is 0 Å². The van der Waals surface area contributed by atoms with Gasteiger partial charge in [0.1, 0.15) is 34.8 Å². The van der Waals surface area contributed by atoms with Gasteiger partial charge < -0.3 is 11.1 Å². The average molecular weight is 537 g/mol. The normalized spacial score (nSPS) is 17.9. The van der Waals surface area contributed by atoms with Gasteiger partial charge in [-0.3, -0.25) is 4.79 Å². The Kier molecular flexibility index (Phi) is 5.57. The van der Waals surface area contributed by atoms with Gasteiger partial charge >= 0.3 is 12.1 Å². The first-order valence-electron chi connectivity index (χ1n) is 11.3. The van der Waals surface area contributed by atoms with Gasteiger partial charge in [0, 0.05) is 12.5 Å². The zero-order valence-corrected chi connectivity index (χ0v) is 20.1. The highest BCUT2D eigenvalue weighted by atomic mass is 19.4. The number of hydrogen-bond donors (Lipinski definition) is 2. The van der Waals surface area contributed by atoms with Gasteiger partial charge in [0.05, 0.1) is 23.7 Å². The van der Waals surface area contributed by atoms with E-state index in [1.54, 1.807) is 17.8 Å². The van der Waals surface area contributed by atoms with Crippen LogP contribution in [0.4, 0.5) is 33.6 Å². The highest BCUT2D eigenvalue weighted by molar-refractivity contribution is 6.08. The zero-order chi connectivity index (χ0) is 27.6. The molecule has 0 aromatic carbocycles. The standard InChI is InChI=1S/C21H20F5N11O/c1-9(2)36-7-12(34-35-36)19(3)13-14(27)31-15(32-16(13)33-18(19)38)11-6-37-17(28-8-29-37)10(30-11)4-5-20(22,23)21(24,25)26/h6-9H,4-5H2,1-3H3,(H3,27,31,32,33,38). The molecule has 1 aliphatic heterocycles. The molecule has 1 unspecified atom stereocenters. The Balaban J connectivity index is 1.56. The third kappa shape index (κ3) is 3.88. The maximum Gasteiger partial charge on any atom is 0.453 e. The summed E-state index contributed by atoms with van der Waals surface area (Å²) in [6.45, 7) is 5.39. The van der Waals surface area contributed by atoms with Crippen molar-refractivity contribution >= 4 is 23.2 Å². The second-order valence-electron chi connectivity index (χ2n) is 9.22. The van der Waals surface area contributed by atoms with Gasteiger partial charge in [-0.2, -0.15) is 27.1 Å². The molecule has 0 saturated carbocycles. The van der Waals surface area contributed by atoms with Crippen LogP contribution in [0.5, 0.6) is 0 Å². The van der Waals surface area contributed by atoms with Crippen LogP contribution in [0.3, 0.4) is 0 Å². The number of nitrogens with zero attached hydrogens (tertiary/aromatic N) is 9. The first-order valence-corrected chi connectivity index (χ1v) is 11.3. The van der Waals surface area contributed by atoms with E-state index in [0.717, 1.165) is 10.8 Å². The summed E-state index contributed by atoms with van der Waals surface area (Å²) in [7, 11) is 0. The van der Waals surface area contributed by atoms with E-state index in [2.05, 4.69) is 40.7 Å². The number of anilines is 2. The summed E-state index contributed by atoms with van der Waals surface area (Å²) in [6.07, 6.45) is -3.98. The van der Waals surface area contributed by atoms with Crippen LogP contribution in [0, 0.1) is 0 Å². The minimum absolute atomic E-state index is 0.00465. The van der Waals surface area contributed by atoms with Crippen molar-refractivity contribution in [3.8, 4) is 11.5 Å². The predicted molar refractivity (Wildman–Crippen MR) is 121 cm³/mol. The van der Waals surface area contributed by atoms with E-state index in [0.29, 0.717) is 5.69 Å². The lowest BCUT2D eigenvalue weighted by molar-refractivity contribution is -0.284. The molecule has 3 N–H and O–H groups in total. The smallest absolute Gasteiger partial charge is 0.383 e. The van der Waals surface area contributed by atoms with Crippen LogP contribution in [-0.2, 0) is 16.6 Å². The number of aryl methyl sites for hydroxylation is 1. The van der Waals surface area contributed by atoms with Crippen LogP contribution in [-0.4, -0.2) is 62.5 Å². The maximum absolute atomic E-state index is 13.6. The number of carbonyl (C=O) groups excluding carboxylic acids is 1. The summed E-state index contributed by atoms with van der Waals surface area (Å²) in [5.41, 5.74) is 5.27. The SMILES string of the molecule is CC(C)n1cc(C2(C)C(=O)Nc3nc(-c4cn5ncnc5c(CCC(F)(F)C(F)(F)F)n4)nc(N)c32)nn1. The highest BCUT2D eigenvalue weighted by Crippen LogP contribution is 2.44. The molecule has 0 saturated heterocycles. The van der Waals surface area contributed by atoms with E-state index < -0.39 is 36.3 Å². The number of nitrogens with two attached hydrogens (primary N) is 1. The van der Waals surface area contributed by atoms with Crippen molar-refractivity contribution in [3.63, 3.8) is 0 Å². The van der Waals surface area contributed by atoms with Crippen LogP contribution in [0.1, 0.15) is 50.2 Å². The number of carbonyl (C=O) groups is 1. The van der Waals surface area contributed by atoms with E-state index in [9.17, 15) is 26.7 Å². The molecule has 0 aliphatic carbocycles. The lowest BCUT2D eigenvalue weighted by Crippen LogP contribution is -2.36. The van der Waals surface area contributed by atoms with Crippen LogP contribution < -0.4 is 11.1 Å². The van der Waals surface area contributed by atoms with Gasteiger partial charge in [-0.1, -0.05) is 5.21 Å². The lowest BCUT2D eigenvalue weighted by Gasteiger charge is -2.20. The summed E-state index contributed by atoms with van der Waals surface area (Å²) in [4.78, 5) is 29.8. The van der Waals surface area contributed by atoms with Crippen LogP contribution in [0.2, 0.25) is 0 Å². The topological polar surface area (TPSA) is 155 Å². The van der Waals surface area contributed by atoms with Crippen LogP contribution in [0.25, 0.3) is 17.2 Å². The van der Waals surface area contributed by atoms with Crippen molar-refractivity contribution in [1.29, 1.82) is 0 Å². The molecule has 4 aromatic heterocycles. The molecular formula is C21H20F5N11O. The molecule has 0 fully saturated rings. The number of fused-ring (bicyclic) bond motifs is 2. The van der Waals surface area contributed by atoms with Crippen molar-refractivity contribution < 1.29 is 26.7 Å². The molecule has 1 aliphatic rings. The summed E-state index contributed by atoms with van der Waals surface area (Å²) in [6, 6.07) is -0.0113. The van der Waals surface area contributed by atoms with E-state index in [-0.39, 0.29) is 46.1 Å². The van der Waals surface area contributed by atoms with Crippen molar-refractivity contribution in [2.45, 2.75) is 57.2 Å². The molecule has 200 valence electrons. The largest absolute Gasteiger partial charge is 0.453 e. The molecule has 1 atom stereocenters. The summed E-state index contributed by atoms with van der Waals surface area (Å²) in [5, 5.41) is 14.8. The zero-order valence-electron chi connectivity index (χ0n) is 20.1. The first kappa shape index (κ1) is 25.3. The Bertz CT molecular complexity index is 1560.